The highest BCUT2D eigenvalue weighted by Crippen LogP contribution is 2.09. The molecule has 160 valence electrons. The summed E-state index contributed by atoms with van der Waals surface area (Å²) in [5.41, 5.74) is 1.56. The molecule has 0 saturated carbocycles. The molecule has 0 aliphatic heterocycles. The molecule has 0 spiro atoms. The second-order valence-corrected chi connectivity index (χ2v) is 6.34. The maximum Gasteiger partial charge on any atom is 0.308 e. The third-order valence-electron chi connectivity index (χ3n) is 3.96. The Balaban J connectivity index is 2.55. The molecule has 1 atom stereocenters. The van der Waals surface area contributed by atoms with Crippen LogP contribution in [0.2, 0.25) is 0 Å². The van der Waals surface area contributed by atoms with Gasteiger partial charge in [-0.25, -0.2) is 0 Å². The van der Waals surface area contributed by atoms with E-state index < -0.39 is 23.8 Å². The average Bonchev–Trinajstić information content (AvgIpc) is 2.72. The Kier molecular flexibility index (Phi) is 11.0. The number of hydrogen-bond acceptors (Lipinski definition) is 6. The molecule has 30 heavy (non-hydrogen) atoms. The van der Waals surface area contributed by atoms with Crippen molar-refractivity contribution in [1.29, 1.82) is 0 Å². The summed E-state index contributed by atoms with van der Waals surface area (Å²) in [4.78, 5) is 46.2. The highest BCUT2D eigenvalue weighted by Gasteiger charge is 2.20. The zero-order valence-electron chi connectivity index (χ0n) is 16.6. The van der Waals surface area contributed by atoms with Crippen molar-refractivity contribution in [3.63, 3.8) is 0 Å². The van der Waals surface area contributed by atoms with Gasteiger partial charge in [0, 0.05) is 19.0 Å². The molecule has 0 bridgehead atoms. The molecule has 0 aliphatic carbocycles. The van der Waals surface area contributed by atoms with Crippen LogP contribution in [-0.2, 0) is 30.3 Å². The van der Waals surface area contributed by atoms with Crippen molar-refractivity contribution in [3.8, 4) is 5.75 Å². The Labute approximate surface area is 175 Å². The van der Waals surface area contributed by atoms with Crippen molar-refractivity contribution in [2.45, 2.75) is 25.3 Å². The third kappa shape index (κ3) is 10.0. The zero-order chi connectivity index (χ0) is 22.4. The van der Waals surface area contributed by atoms with Gasteiger partial charge in [0.2, 0.25) is 12.2 Å². The molecule has 1 aromatic rings. The summed E-state index contributed by atoms with van der Waals surface area (Å²) in [5, 5.41) is 14.3. The van der Waals surface area contributed by atoms with Gasteiger partial charge in [0.1, 0.15) is 12.4 Å². The summed E-state index contributed by atoms with van der Waals surface area (Å²) in [5.74, 6) is -1.80. The Hall–Kier alpha value is -3.68. The van der Waals surface area contributed by atoms with Crippen molar-refractivity contribution < 1.29 is 29.0 Å². The van der Waals surface area contributed by atoms with Crippen LogP contribution in [0.5, 0.6) is 5.75 Å². The number of hydrogen-bond donors (Lipinski definition) is 3. The fourth-order valence-corrected chi connectivity index (χ4v) is 2.46. The van der Waals surface area contributed by atoms with E-state index in [1.165, 1.54) is 12.2 Å². The van der Waals surface area contributed by atoms with Crippen molar-refractivity contribution in [1.82, 2.24) is 10.6 Å². The van der Waals surface area contributed by atoms with Crippen LogP contribution in [-0.4, -0.2) is 48.4 Å². The van der Waals surface area contributed by atoms with Crippen molar-refractivity contribution >= 4 is 24.1 Å². The summed E-state index contributed by atoms with van der Waals surface area (Å²) in [6.45, 7) is 7.44. The number of benzene rings is 1. The summed E-state index contributed by atoms with van der Waals surface area (Å²) < 4.78 is 5.11. The topological polar surface area (TPSA) is 122 Å². The van der Waals surface area contributed by atoms with Crippen LogP contribution in [0, 0.1) is 0 Å². The van der Waals surface area contributed by atoms with Gasteiger partial charge < -0.3 is 20.5 Å². The van der Waals surface area contributed by atoms with Crippen LogP contribution < -0.4 is 10.6 Å². The van der Waals surface area contributed by atoms with E-state index in [4.69, 9.17) is 4.74 Å². The number of phenols is 1. The van der Waals surface area contributed by atoms with E-state index in [0.29, 0.717) is 18.5 Å². The molecule has 8 nitrogen and oxygen atoms in total. The minimum atomic E-state index is -0.928. The maximum atomic E-state index is 12.2. The van der Waals surface area contributed by atoms with Crippen molar-refractivity contribution in [3.05, 3.63) is 66.8 Å². The lowest BCUT2D eigenvalue weighted by molar-refractivity contribution is -0.143. The molecule has 2 amide bonds. The van der Waals surface area contributed by atoms with E-state index in [2.05, 4.69) is 23.8 Å². The maximum absolute atomic E-state index is 12.2. The SMILES string of the molecule is C=C/C=C(\C=C)COC(=O)CC(CC(=O)NCCc1ccc(O)cc1)NC(=O)C=O. The first-order chi connectivity index (χ1) is 14.4. The second kappa shape index (κ2) is 13.5. The largest absolute Gasteiger partial charge is 0.508 e. The molecule has 1 unspecified atom stereocenters. The van der Waals surface area contributed by atoms with E-state index in [1.54, 1.807) is 30.3 Å². The zero-order valence-corrected chi connectivity index (χ0v) is 16.6. The minimum Gasteiger partial charge on any atom is -0.508 e. The molecule has 0 radical (unpaired) electrons. The Morgan fingerprint density at radius 3 is 2.43 bits per heavy atom. The van der Waals surface area contributed by atoms with Crippen LogP contribution in [0.1, 0.15) is 18.4 Å². The number of esters is 1. The lowest BCUT2D eigenvalue weighted by Crippen LogP contribution is -2.41. The van der Waals surface area contributed by atoms with Gasteiger partial charge >= 0.3 is 5.97 Å². The molecule has 0 aliphatic rings. The third-order valence-corrected chi connectivity index (χ3v) is 3.96. The first-order valence-corrected chi connectivity index (χ1v) is 9.27. The lowest BCUT2D eigenvalue weighted by atomic mass is 10.1. The van der Waals surface area contributed by atoms with Gasteiger partial charge in [-0.2, -0.15) is 0 Å². The summed E-state index contributed by atoms with van der Waals surface area (Å²) in [6.07, 6.45) is 4.82. The fraction of sp³-hybridized carbons (Fsp3) is 0.273. The average molecular weight is 414 g/mol. The Bertz CT molecular complexity index is 798. The normalized spacial score (nSPS) is 11.7. The molecular weight excluding hydrogens is 388 g/mol. The van der Waals surface area contributed by atoms with Gasteiger partial charge in [-0.15, -0.1) is 0 Å². The van der Waals surface area contributed by atoms with Gasteiger partial charge in [0.25, 0.3) is 5.91 Å². The van der Waals surface area contributed by atoms with Gasteiger partial charge in [-0.05, 0) is 29.7 Å². The molecule has 0 heterocycles. The molecule has 1 aromatic carbocycles. The second-order valence-electron chi connectivity index (χ2n) is 6.34. The van der Waals surface area contributed by atoms with Gasteiger partial charge in [0.05, 0.1) is 6.42 Å². The highest BCUT2D eigenvalue weighted by atomic mass is 16.5. The number of nitrogens with one attached hydrogen (secondary N) is 2. The Morgan fingerprint density at radius 1 is 1.13 bits per heavy atom. The van der Waals surface area contributed by atoms with Crippen molar-refractivity contribution in [2.24, 2.45) is 0 Å². The van der Waals surface area contributed by atoms with Crippen LogP contribution in [0.25, 0.3) is 0 Å². The Morgan fingerprint density at radius 2 is 1.83 bits per heavy atom. The summed E-state index contributed by atoms with van der Waals surface area (Å²) in [6, 6.07) is 5.69. The van der Waals surface area contributed by atoms with E-state index >= 15 is 0 Å². The highest BCUT2D eigenvalue weighted by molar-refractivity contribution is 6.23. The van der Waals surface area contributed by atoms with Crippen LogP contribution >= 0.6 is 0 Å². The summed E-state index contributed by atoms with van der Waals surface area (Å²) in [7, 11) is 0. The number of carbonyl (C=O) groups excluding carboxylic acids is 4. The quantitative estimate of drug-likeness (QED) is 0.194. The fourth-order valence-electron chi connectivity index (χ4n) is 2.46. The monoisotopic (exact) mass is 414 g/mol. The molecule has 0 aromatic heterocycles. The van der Waals surface area contributed by atoms with Gasteiger partial charge in [-0.3, -0.25) is 19.2 Å². The first-order valence-electron chi connectivity index (χ1n) is 9.27. The van der Waals surface area contributed by atoms with Crippen LogP contribution in [0.3, 0.4) is 0 Å². The van der Waals surface area contributed by atoms with Crippen LogP contribution in [0.4, 0.5) is 0 Å². The standard InChI is InChI=1S/C22H26N2O6/c1-3-5-16(4-2)15-30-22(29)13-18(24-21(28)14-25)12-20(27)23-11-10-17-6-8-19(26)9-7-17/h3-9,14,18,26H,1-2,10-13,15H2,(H,23,27)(H,24,28)/b16-5+. The first kappa shape index (κ1) is 24.4. The summed E-state index contributed by atoms with van der Waals surface area (Å²) >= 11 is 0. The van der Waals surface area contributed by atoms with E-state index in [-0.39, 0.29) is 31.5 Å². The van der Waals surface area contributed by atoms with Crippen LogP contribution in [0.15, 0.2) is 61.2 Å². The van der Waals surface area contributed by atoms with Gasteiger partial charge in [0.15, 0.2) is 0 Å². The molecule has 0 fully saturated rings. The number of ether oxygens (including phenoxy) is 1. The van der Waals surface area contributed by atoms with E-state index in [0.717, 1.165) is 5.56 Å². The molecular formula is C22H26N2O6. The number of rotatable bonds is 13. The number of aromatic hydroxyl groups is 1. The molecule has 1 rings (SSSR count). The number of phenolic OH excluding ortho intramolecular Hbond substituents is 1. The van der Waals surface area contributed by atoms with Crippen molar-refractivity contribution in [2.75, 3.05) is 13.2 Å². The lowest BCUT2D eigenvalue weighted by Gasteiger charge is -2.17. The van der Waals surface area contributed by atoms with Gasteiger partial charge in [-0.1, -0.05) is 43.5 Å². The predicted octanol–water partition coefficient (Wildman–Crippen LogP) is 1.36. The number of aldehydes is 1. The number of carbonyl (C=O) groups is 4. The van der Waals surface area contributed by atoms with E-state index in [9.17, 15) is 24.3 Å². The number of amides is 2. The smallest absolute Gasteiger partial charge is 0.308 e. The molecule has 3 N–H and O–H groups in total. The number of allylic oxidation sites excluding steroid dienone is 2. The molecule has 8 heteroatoms. The predicted molar refractivity (Wildman–Crippen MR) is 111 cm³/mol. The minimum absolute atomic E-state index is 0.0263. The van der Waals surface area contributed by atoms with E-state index in [1.807, 2.05) is 0 Å². The molecule has 0 saturated heterocycles.